The summed E-state index contributed by atoms with van der Waals surface area (Å²) < 4.78 is 22.5. The minimum absolute atomic E-state index is 0.224. The molecule has 0 radical (unpaired) electrons. The third-order valence-corrected chi connectivity index (χ3v) is 10.9. The summed E-state index contributed by atoms with van der Waals surface area (Å²) in [6.45, 7) is 2.46. The van der Waals surface area contributed by atoms with Crippen LogP contribution < -0.4 is 5.32 Å². The monoisotopic (exact) mass is 930 g/mol. The number of ether oxygens (including phenoxy) is 4. The molecule has 374 valence electrons. The van der Waals surface area contributed by atoms with Crippen LogP contribution in [0.4, 0.5) is 0 Å². The van der Waals surface area contributed by atoms with Crippen molar-refractivity contribution >= 4 is 5.91 Å². The third kappa shape index (κ3) is 24.6. The standard InChI is InChI=1S/C52H83NO13/c1-3-5-7-9-11-12-13-14-15-16-17-18-19-20-21-22-23-24-25-26-27-28-30-32-34-36-44(57)53-40(41(56)35-33-31-29-10-8-6-4-2)39-63-51-49(62)47(60)50(43(38-55)65-51)66-52-48(61)46(59)45(58)42(37-54)64-52/h5,7-8,10-12,14-15,17-18,20-21,23-24,26-27,33,35,40-43,45-52,54-56,58-62H,3-4,6,9,13,16,19,22,25,28-32,34,36-39H2,1-2H3,(H,53,57)/b7-5-,10-8+,12-11-,15-14-,18-17-,21-20-,24-23-,27-26-,35-33+. The van der Waals surface area contributed by atoms with Crippen LogP contribution in [0.3, 0.4) is 0 Å². The Kier molecular flexibility index (Phi) is 33.5. The van der Waals surface area contributed by atoms with Gasteiger partial charge in [-0.3, -0.25) is 4.79 Å². The number of rotatable bonds is 34. The Hall–Kier alpha value is -3.35. The van der Waals surface area contributed by atoms with Crippen molar-refractivity contribution in [1.82, 2.24) is 5.32 Å². The van der Waals surface area contributed by atoms with E-state index in [-0.39, 0.29) is 18.9 Å². The quantitative estimate of drug-likeness (QED) is 0.0277. The van der Waals surface area contributed by atoms with Crippen molar-refractivity contribution in [2.45, 2.75) is 190 Å². The summed E-state index contributed by atoms with van der Waals surface area (Å²) in [6, 6.07) is -0.954. The SMILES string of the molecule is CC/C=C\C/C=C\C/C=C\C/C=C\C/C=C\C/C=C\C/C=C\CCCCCC(=O)NC(COC1OC(CO)C(OC2OC(CO)C(O)C(O)C2O)C(O)C1O)C(O)/C=C/CC/C=C/CCC. The van der Waals surface area contributed by atoms with Gasteiger partial charge in [-0.15, -0.1) is 0 Å². The highest BCUT2D eigenvalue weighted by Crippen LogP contribution is 2.30. The molecule has 12 atom stereocenters. The van der Waals surface area contributed by atoms with Crippen molar-refractivity contribution < 1.29 is 64.6 Å². The van der Waals surface area contributed by atoms with Crippen molar-refractivity contribution in [2.24, 2.45) is 0 Å². The Morgan fingerprint density at radius 2 is 1.06 bits per heavy atom. The van der Waals surface area contributed by atoms with Crippen LogP contribution in [-0.4, -0.2) is 140 Å². The summed E-state index contributed by atoms with van der Waals surface area (Å²) in [5.41, 5.74) is 0. The number of aliphatic hydroxyl groups excluding tert-OH is 8. The summed E-state index contributed by atoms with van der Waals surface area (Å²) in [5.74, 6) is -0.293. The van der Waals surface area contributed by atoms with E-state index in [0.29, 0.717) is 12.8 Å². The average molecular weight is 930 g/mol. The van der Waals surface area contributed by atoms with Crippen LogP contribution in [0.25, 0.3) is 0 Å². The Bertz CT molecular complexity index is 1520. The van der Waals surface area contributed by atoms with E-state index < -0.39 is 86.8 Å². The van der Waals surface area contributed by atoms with E-state index >= 15 is 0 Å². The zero-order valence-electron chi connectivity index (χ0n) is 39.4. The molecule has 0 saturated carbocycles. The van der Waals surface area contributed by atoms with Crippen LogP contribution in [-0.2, 0) is 23.7 Å². The van der Waals surface area contributed by atoms with Crippen molar-refractivity contribution in [1.29, 1.82) is 0 Å². The van der Waals surface area contributed by atoms with Gasteiger partial charge in [-0.1, -0.05) is 136 Å². The molecule has 0 aromatic carbocycles. The zero-order valence-corrected chi connectivity index (χ0v) is 39.4. The van der Waals surface area contributed by atoms with E-state index in [0.717, 1.165) is 83.5 Å². The number of carbonyl (C=O) groups excluding carboxylic acids is 1. The van der Waals surface area contributed by atoms with E-state index in [1.54, 1.807) is 6.08 Å². The van der Waals surface area contributed by atoms with E-state index in [4.69, 9.17) is 18.9 Å². The number of amides is 1. The molecule has 1 amide bonds. The Labute approximate surface area is 394 Å². The Morgan fingerprint density at radius 3 is 1.62 bits per heavy atom. The molecular formula is C52H83NO13. The van der Waals surface area contributed by atoms with Gasteiger partial charge in [0.2, 0.25) is 5.91 Å². The molecule has 66 heavy (non-hydrogen) atoms. The third-order valence-electron chi connectivity index (χ3n) is 10.9. The maximum atomic E-state index is 13.1. The van der Waals surface area contributed by atoms with Gasteiger partial charge in [0.15, 0.2) is 12.6 Å². The van der Waals surface area contributed by atoms with Crippen LogP contribution in [0.2, 0.25) is 0 Å². The highest BCUT2D eigenvalue weighted by Gasteiger charge is 2.51. The van der Waals surface area contributed by atoms with Crippen molar-refractivity contribution in [2.75, 3.05) is 19.8 Å². The molecule has 2 rings (SSSR count). The normalized spacial score (nSPS) is 27.8. The summed E-state index contributed by atoms with van der Waals surface area (Å²) in [6.07, 6.45) is 34.6. The molecule has 0 aliphatic carbocycles. The lowest BCUT2D eigenvalue weighted by Crippen LogP contribution is -2.65. The highest BCUT2D eigenvalue weighted by atomic mass is 16.7. The molecule has 0 aromatic heterocycles. The van der Waals surface area contributed by atoms with E-state index in [2.05, 4.69) is 116 Å². The van der Waals surface area contributed by atoms with Gasteiger partial charge >= 0.3 is 0 Å². The predicted molar refractivity (Wildman–Crippen MR) is 258 cm³/mol. The molecule has 2 aliphatic rings. The fourth-order valence-electron chi connectivity index (χ4n) is 7.00. The van der Waals surface area contributed by atoms with Crippen molar-refractivity contribution in [3.05, 3.63) is 109 Å². The number of allylic oxidation sites excluding steroid dienone is 17. The van der Waals surface area contributed by atoms with Gasteiger partial charge in [0.1, 0.15) is 48.8 Å². The molecule has 0 spiro atoms. The number of nitrogens with one attached hydrogen (secondary N) is 1. The smallest absolute Gasteiger partial charge is 0.220 e. The van der Waals surface area contributed by atoms with Gasteiger partial charge in [0.05, 0.1) is 32.0 Å². The van der Waals surface area contributed by atoms with Gasteiger partial charge in [-0.25, -0.2) is 0 Å². The molecular weight excluding hydrogens is 847 g/mol. The number of hydrogen-bond donors (Lipinski definition) is 9. The lowest BCUT2D eigenvalue weighted by Gasteiger charge is -2.46. The molecule has 14 heteroatoms. The molecule has 2 saturated heterocycles. The maximum absolute atomic E-state index is 13.1. The summed E-state index contributed by atoms with van der Waals surface area (Å²) >= 11 is 0. The fraction of sp³-hybridized carbons (Fsp3) is 0.635. The first-order valence-electron chi connectivity index (χ1n) is 24.1. The first kappa shape index (κ1) is 58.8. The Balaban J connectivity index is 1.78. The molecule has 0 aromatic rings. The molecule has 2 heterocycles. The lowest BCUT2D eigenvalue weighted by molar-refractivity contribution is -0.359. The van der Waals surface area contributed by atoms with Gasteiger partial charge in [0, 0.05) is 6.42 Å². The number of carbonyl (C=O) groups is 1. The zero-order chi connectivity index (χ0) is 48.2. The highest BCUT2D eigenvalue weighted by molar-refractivity contribution is 5.76. The van der Waals surface area contributed by atoms with E-state index in [1.165, 1.54) is 0 Å². The summed E-state index contributed by atoms with van der Waals surface area (Å²) in [4.78, 5) is 13.1. The van der Waals surface area contributed by atoms with Crippen molar-refractivity contribution in [3.63, 3.8) is 0 Å². The fourth-order valence-corrected chi connectivity index (χ4v) is 7.00. The number of aliphatic hydroxyl groups is 8. The predicted octanol–water partition coefficient (Wildman–Crippen LogP) is 5.76. The molecule has 14 nitrogen and oxygen atoms in total. The number of unbranched alkanes of at least 4 members (excludes halogenated alkanes) is 5. The second-order valence-electron chi connectivity index (χ2n) is 16.5. The van der Waals surface area contributed by atoms with Crippen molar-refractivity contribution in [3.8, 4) is 0 Å². The van der Waals surface area contributed by atoms with Crippen LogP contribution in [0.15, 0.2) is 109 Å². The van der Waals surface area contributed by atoms with E-state index in [9.17, 15) is 45.6 Å². The first-order valence-corrected chi connectivity index (χ1v) is 24.1. The lowest BCUT2D eigenvalue weighted by atomic mass is 9.97. The Morgan fingerprint density at radius 1 is 0.561 bits per heavy atom. The van der Waals surface area contributed by atoms with Gasteiger partial charge < -0.3 is 65.1 Å². The van der Waals surface area contributed by atoms with Crippen LogP contribution in [0, 0.1) is 0 Å². The van der Waals surface area contributed by atoms with Crippen LogP contribution >= 0.6 is 0 Å². The maximum Gasteiger partial charge on any atom is 0.220 e. The number of hydrogen-bond acceptors (Lipinski definition) is 13. The minimum Gasteiger partial charge on any atom is -0.394 e. The molecule has 9 N–H and O–H groups in total. The van der Waals surface area contributed by atoms with Crippen LogP contribution in [0.1, 0.15) is 117 Å². The summed E-state index contributed by atoms with van der Waals surface area (Å²) in [5, 5.41) is 86.2. The average Bonchev–Trinajstić information content (AvgIpc) is 3.31. The largest absolute Gasteiger partial charge is 0.394 e. The minimum atomic E-state index is -1.80. The first-order chi connectivity index (χ1) is 32.1. The van der Waals surface area contributed by atoms with Gasteiger partial charge in [-0.2, -0.15) is 0 Å². The second kappa shape index (κ2) is 37.6. The molecule has 2 fully saturated rings. The van der Waals surface area contributed by atoms with Crippen LogP contribution in [0.5, 0.6) is 0 Å². The molecule has 0 bridgehead atoms. The molecule has 2 aliphatic heterocycles. The van der Waals surface area contributed by atoms with Gasteiger partial charge in [0.25, 0.3) is 0 Å². The topological polar surface area (TPSA) is 228 Å². The second-order valence-corrected chi connectivity index (χ2v) is 16.5. The van der Waals surface area contributed by atoms with E-state index in [1.807, 2.05) is 6.08 Å². The molecule has 12 unspecified atom stereocenters. The van der Waals surface area contributed by atoms with Gasteiger partial charge in [-0.05, 0) is 83.5 Å². The summed E-state index contributed by atoms with van der Waals surface area (Å²) in [7, 11) is 0.